The maximum Gasteiger partial charge on any atom is 0.182 e. The monoisotopic (exact) mass is 286 g/mol. The molecule has 0 bridgehead atoms. The SMILES string of the molecule is CN(C)CCn1ncc(Cl)c1C(=O)CCC(C)(C)N. The first-order valence-corrected chi connectivity index (χ1v) is 6.76. The Kier molecular flexibility index (Phi) is 5.52. The minimum Gasteiger partial charge on any atom is -0.326 e. The molecule has 0 aliphatic heterocycles. The summed E-state index contributed by atoms with van der Waals surface area (Å²) in [4.78, 5) is 14.3. The Morgan fingerprint density at radius 2 is 2.16 bits per heavy atom. The fraction of sp³-hybridized carbons (Fsp3) is 0.692. The van der Waals surface area contributed by atoms with Gasteiger partial charge in [0, 0.05) is 18.5 Å². The van der Waals surface area contributed by atoms with Crippen molar-refractivity contribution in [2.75, 3.05) is 20.6 Å². The second kappa shape index (κ2) is 6.50. The molecule has 0 aliphatic carbocycles. The third-order valence-corrected chi connectivity index (χ3v) is 3.09. The standard InChI is InChI=1S/C13H23ClN4O/c1-13(2,15)6-5-11(19)12-10(14)9-16-18(12)8-7-17(3)4/h9H,5-8,15H2,1-4H3. The summed E-state index contributed by atoms with van der Waals surface area (Å²) in [6.07, 6.45) is 2.54. The maximum atomic E-state index is 12.2. The summed E-state index contributed by atoms with van der Waals surface area (Å²) < 4.78 is 1.67. The Bertz CT molecular complexity index is 434. The minimum atomic E-state index is -0.351. The third kappa shape index (κ3) is 5.30. The minimum absolute atomic E-state index is 0.000203. The normalized spacial score (nSPS) is 12.2. The lowest BCUT2D eigenvalue weighted by atomic mass is 9.97. The summed E-state index contributed by atoms with van der Waals surface area (Å²) in [5.41, 5.74) is 6.04. The molecule has 0 saturated heterocycles. The first kappa shape index (κ1) is 16.1. The fourth-order valence-corrected chi connectivity index (χ4v) is 1.90. The van der Waals surface area contributed by atoms with E-state index in [4.69, 9.17) is 17.3 Å². The predicted octanol–water partition coefficient (Wildman–Crippen LogP) is 1.80. The average molecular weight is 287 g/mol. The van der Waals surface area contributed by atoms with Gasteiger partial charge in [-0.25, -0.2) is 0 Å². The van der Waals surface area contributed by atoms with E-state index in [-0.39, 0.29) is 11.3 Å². The number of rotatable bonds is 7. The van der Waals surface area contributed by atoms with Crippen LogP contribution in [0.15, 0.2) is 6.20 Å². The first-order chi connectivity index (χ1) is 8.70. The molecule has 1 rings (SSSR count). The number of hydrogen-bond donors (Lipinski definition) is 1. The van der Waals surface area contributed by atoms with E-state index in [1.807, 2.05) is 32.8 Å². The van der Waals surface area contributed by atoms with Gasteiger partial charge in [0.15, 0.2) is 5.78 Å². The molecule has 19 heavy (non-hydrogen) atoms. The van der Waals surface area contributed by atoms with E-state index in [0.29, 0.717) is 30.1 Å². The molecular weight excluding hydrogens is 264 g/mol. The molecule has 6 heteroatoms. The van der Waals surface area contributed by atoms with Crippen molar-refractivity contribution in [2.24, 2.45) is 5.73 Å². The second-order valence-electron chi connectivity index (χ2n) is 5.78. The van der Waals surface area contributed by atoms with Crippen LogP contribution in [0.1, 0.15) is 37.2 Å². The van der Waals surface area contributed by atoms with Crippen LogP contribution in [0.5, 0.6) is 0 Å². The van der Waals surface area contributed by atoms with Gasteiger partial charge >= 0.3 is 0 Å². The Morgan fingerprint density at radius 3 is 2.68 bits per heavy atom. The van der Waals surface area contributed by atoms with Gasteiger partial charge in [0.1, 0.15) is 5.69 Å². The van der Waals surface area contributed by atoms with Crippen molar-refractivity contribution in [3.63, 3.8) is 0 Å². The van der Waals surface area contributed by atoms with Crippen molar-refractivity contribution in [1.82, 2.24) is 14.7 Å². The van der Waals surface area contributed by atoms with E-state index in [0.717, 1.165) is 6.54 Å². The van der Waals surface area contributed by atoms with Gasteiger partial charge in [-0.3, -0.25) is 9.48 Å². The Labute approximate surface area is 119 Å². The Balaban J connectivity index is 2.75. The quantitative estimate of drug-likeness (QED) is 0.776. The van der Waals surface area contributed by atoms with Crippen LogP contribution in [-0.2, 0) is 6.54 Å². The van der Waals surface area contributed by atoms with Gasteiger partial charge in [-0.2, -0.15) is 5.10 Å². The van der Waals surface area contributed by atoms with E-state index in [1.54, 1.807) is 4.68 Å². The molecule has 5 nitrogen and oxygen atoms in total. The lowest BCUT2D eigenvalue weighted by Gasteiger charge is -2.17. The number of carbonyl (C=O) groups excluding carboxylic acids is 1. The molecule has 0 amide bonds. The molecule has 1 heterocycles. The molecule has 0 fully saturated rings. The average Bonchev–Trinajstić information content (AvgIpc) is 2.64. The molecule has 0 saturated carbocycles. The van der Waals surface area contributed by atoms with E-state index in [1.165, 1.54) is 6.20 Å². The van der Waals surface area contributed by atoms with Crippen LogP contribution >= 0.6 is 11.6 Å². The van der Waals surface area contributed by atoms with E-state index < -0.39 is 0 Å². The van der Waals surface area contributed by atoms with Crippen LogP contribution in [0.2, 0.25) is 5.02 Å². The molecule has 0 spiro atoms. The highest BCUT2D eigenvalue weighted by atomic mass is 35.5. The molecule has 1 aromatic rings. The summed E-state index contributed by atoms with van der Waals surface area (Å²) >= 11 is 6.06. The van der Waals surface area contributed by atoms with Crippen LogP contribution in [0.3, 0.4) is 0 Å². The smallest absolute Gasteiger partial charge is 0.182 e. The van der Waals surface area contributed by atoms with Gasteiger partial charge in [-0.1, -0.05) is 11.6 Å². The summed E-state index contributed by atoms with van der Waals surface area (Å²) in [5, 5.41) is 4.57. The van der Waals surface area contributed by atoms with Crippen molar-refractivity contribution in [1.29, 1.82) is 0 Å². The number of halogens is 1. The number of aromatic nitrogens is 2. The summed E-state index contributed by atoms with van der Waals surface area (Å²) in [6.45, 7) is 5.27. The highest BCUT2D eigenvalue weighted by Crippen LogP contribution is 2.19. The van der Waals surface area contributed by atoms with Gasteiger partial charge in [-0.15, -0.1) is 0 Å². The van der Waals surface area contributed by atoms with Gasteiger partial charge < -0.3 is 10.6 Å². The molecule has 1 aromatic heterocycles. The second-order valence-corrected chi connectivity index (χ2v) is 6.19. The number of nitrogens with zero attached hydrogens (tertiary/aromatic N) is 3. The molecule has 0 aromatic carbocycles. The first-order valence-electron chi connectivity index (χ1n) is 6.39. The zero-order valence-electron chi connectivity index (χ0n) is 12.1. The van der Waals surface area contributed by atoms with E-state index in [2.05, 4.69) is 5.10 Å². The van der Waals surface area contributed by atoms with Crippen molar-refractivity contribution in [3.8, 4) is 0 Å². The van der Waals surface area contributed by atoms with E-state index >= 15 is 0 Å². The van der Waals surface area contributed by atoms with Crippen LogP contribution in [0.25, 0.3) is 0 Å². The summed E-state index contributed by atoms with van der Waals surface area (Å²) in [5.74, 6) is -0.000203. The van der Waals surface area contributed by atoms with E-state index in [9.17, 15) is 4.79 Å². The molecule has 0 radical (unpaired) electrons. The number of Topliss-reactive ketones (excluding diaryl/α,β-unsaturated/α-hetero) is 1. The number of hydrogen-bond acceptors (Lipinski definition) is 4. The van der Waals surface area contributed by atoms with Crippen LogP contribution in [-0.4, -0.2) is 46.6 Å². The van der Waals surface area contributed by atoms with Crippen LogP contribution < -0.4 is 5.73 Å². The molecule has 108 valence electrons. The van der Waals surface area contributed by atoms with Gasteiger partial charge in [0.25, 0.3) is 0 Å². The summed E-state index contributed by atoms with van der Waals surface area (Å²) in [6, 6.07) is 0. The molecule has 2 N–H and O–H groups in total. The summed E-state index contributed by atoms with van der Waals surface area (Å²) in [7, 11) is 3.95. The highest BCUT2D eigenvalue weighted by Gasteiger charge is 2.20. The van der Waals surface area contributed by atoms with Gasteiger partial charge in [0.05, 0.1) is 17.8 Å². The molecule has 0 atom stereocenters. The molecule has 0 unspecified atom stereocenters. The maximum absolute atomic E-state index is 12.2. The molecule has 0 aliphatic rings. The zero-order chi connectivity index (χ0) is 14.6. The number of likely N-dealkylation sites (N-methyl/N-ethyl adjacent to an activating group) is 1. The molecular formula is C13H23ClN4O. The van der Waals surface area contributed by atoms with Gasteiger partial charge in [-0.05, 0) is 34.4 Å². The fourth-order valence-electron chi connectivity index (χ4n) is 1.66. The topological polar surface area (TPSA) is 64.2 Å². The van der Waals surface area contributed by atoms with Crippen molar-refractivity contribution < 1.29 is 4.79 Å². The van der Waals surface area contributed by atoms with Crippen LogP contribution in [0, 0.1) is 0 Å². The van der Waals surface area contributed by atoms with Crippen molar-refractivity contribution in [2.45, 2.75) is 38.8 Å². The highest BCUT2D eigenvalue weighted by molar-refractivity contribution is 6.33. The number of carbonyl (C=O) groups is 1. The predicted molar refractivity (Wildman–Crippen MR) is 77.6 cm³/mol. The van der Waals surface area contributed by atoms with Gasteiger partial charge in [0.2, 0.25) is 0 Å². The number of nitrogens with two attached hydrogens (primary N) is 1. The van der Waals surface area contributed by atoms with Crippen LogP contribution in [0.4, 0.5) is 0 Å². The number of ketones is 1. The third-order valence-electron chi connectivity index (χ3n) is 2.81. The Morgan fingerprint density at radius 1 is 1.53 bits per heavy atom. The Hall–Kier alpha value is -0.910. The lowest BCUT2D eigenvalue weighted by Crippen LogP contribution is -2.32. The lowest BCUT2D eigenvalue weighted by molar-refractivity contribution is 0.0961. The largest absolute Gasteiger partial charge is 0.326 e. The zero-order valence-corrected chi connectivity index (χ0v) is 12.9. The van der Waals surface area contributed by atoms with Crippen molar-refractivity contribution in [3.05, 3.63) is 16.9 Å². The van der Waals surface area contributed by atoms with Crippen molar-refractivity contribution >= 4 is 17.4 Å².